The van der Waals surface area contributed by atoms with Crippen LogP contribution in [0.15, 0.2) is 94.1 Å². The summed E-state index contributed by atoms with van der Waals surface area (Å²) in [5.41, 5.74) is 1.70. The molecule has 0 saturated heterocycles. The molecule has 4 aromatic rings. The molecule has 0 aliphatic rings. The smallest absolute Gasteiger partial charge is 0.414 e. The van der Waals surface area contributed by atoms with Crippen LogP contribution in [0.5, 0.6) is 0 Å². The van der Waals surface area contributed by atoms with Gasteiger partial charge in [-0.3, -0.25) is 15.0 Å². The molecular formula is C31H31Br2ClN4O5. The van der Waals surface area contributed by atoms with Gasteiger partial charge in [0, 0.05) is 22.0 Å². The number of fused-ring (bicyclic) bond motifs is 1. The minimum atomic E-state index is -0.633. The third kappa shape index (κ3) is 9.94. The molecule has 9 nitrogen and oxygen atoms in total. The number of hydrogen-bond donors (Lipinski definition) is 2. The maximum atomic E-state index is 13.0. The molecule has 0 aliphatic heterocycles. The van der Waals surface area contributed by atoms with Crippen LogP contribution in [-0.2, 0) is 16.0 Å². The standard InChI is InChI=1S/C31H30Br2N4O5.ClH/c1-2-15-36-20-23(19-25(33)21-36)29(38)34-14-17-42-31(40)37(26-12-10-24(32)11-13-26)16-18-41-30(39)35-28-9-5-7-22-6-3-4-8-27(22)28;/h3-13,19-21H,2,14-18H2,1H3,(H-,34,35,38,39);1H. The van der Waals surface area contributed by atoms with E-state index in [0.717, 1.165) is 32.7 Å². The highest BCUT2D eigenvalue weighted by molar-refractivity contribution is 9.10. The monoisotopic (exact) mass is 732 g/mol. The van der Waals surface area contributed by atoms with Crippen molar-refractivity contribution in [2.75, 3.05) is 36.5 Å². The first kappa shape index (κ1) is 33.8. The van der Waals surface area contributed by atoms with Crippen LogP contribution in [-0.4, -0.2) is 44.4 Å². The van der Waals surface area contributed by atoms with E-state index < -0.39 is 12.2 Å². The van der Waals surface area contributed by atoms with Gasteiger partial charge in [-0.05, 0) is 57.7 Å². The lowest BCUT2D eigenvalue weighted by molar-refractivity contribution is -0.697. The molecular weight excluding hydrogens is 704 g/mol. The van der Waals surface area contributed by atoms with E-state index in [1.165, 1.54) is 4.90 Å². The zero-order valence-corrected chi connectivity index (χ0v) is 27.3. The Bertz CT molecular complexity index is 1550. The average Bonchev–Trinajstić information content (AvgIpc) is 2.98. The second-order valence-corrected chi connectivity index (χ2v) is 11.1. The van der Waals surface area contributed by atoms with Gasteiger partial charge in [-0.25, -0.2) is 14.2 Å². The van der Waals surface area contributed by atoms with Crippen molar-refractivity contribution in [3.63, 3.8) is 0 Å². The molecule has 0 atom stereocenters. The summed E-state index contributed by atoms with van der Waals surface area (Å²) >= 11 is 6.83. The lowest BCUT2D eigenvalue weighted by Crippen LogP contribution is -3.00. The SMILES string of the molecule is CCC[n+]1cc(Br)cc(C(=O)NCCOC(=O)N(CCOC(=O)Nc2cccc3ccccc23)c2ccc(Br)cc2)c1.[Cl-]. The molecule has 0 fully saturated rings. The van der Waals surface area contributed by atoms with E-state index in [9.17, 15) is 14.4 Å². The summed E-state index contributed by atoms with van der Waals surface area (Å²) in [5, 5.41) is 7.43. The summed E-state index contributed by atoms with van der Waals surface area (Å²) in [7, 11) is 0. The fraction of sp³-hybridized carbons (Fsp3) is 0.226. The van der Waals surface area contributed by atoms with Crippen LogP contribution >= 0.6 is 31.9 Å². The summed E-state index contributed by atoms with van der Waals surface area (Å²) in [6.07, 6.45) is 3.36. The molecule has 0 bridgehead atoms. The van der Waals surface area contributed by atoms with Crippen molar-refractivity contribution in [3.05, 3.63) is 99.7 Å². The number of ether oxygens (including phenoxy) is 2. The Balaban J connectivity index is 0.00000506. The second-order valence-electron chi connectivity index (χ2n) is 9.27. The number of benzene rings is 3. The fourth-order valence-corrected chi connectivity index (χ4v) is 5.02. The first-order valence-electron chi connectivity index (χ1n) is 13.4. The molecule has 12 heteroatoms. The van der Waals surface area contributed by atoms with Gasteiger partial charge in [-0.15, -0.1) is 0 Å². The molecule has 0 radical (unpaired) electrons. The zero-order chi connectivity index (χ0) is 29.9. The van der Waals surface area contributed by atoms with Gasteiger partial charge < -0.3 is 27.2 Å². The Morgan fingerprint density at radius 1 is 0.884 bits per heavy atom. The van der Waals surface area contributed by atoms with Crippen molar-refractivity contribution in [3.8, 4) is 0 Å². The molecule has 0 aliphatic carbocycles. The maximum Gasteiger partial charge on any atom is 0.414 e. The van der Waals surface area contributed by atoms with Crippen LogP contribution in [0.4, 0.5) is 21.0 Å². The van der Waals surface area contributed by atoms with Crippen molar-refractivity contribution < 1.29 is 40.8 Å². The predicted molar refractivity (Wildman–Crippen MR) is 169 cm³/mol. The highest BCUT2D eigenvalue weighted by atomic mass is 79.9. The first-order valence-corrected chi connectivity index (χ1v) is 15.0. The van der Waals surface area contributed by atoms with Crippen LogP contribution in [0.2, 0.25) is 0 Å². The molecule has 0 spiro atoms. The number of nitrogens with one attached hydrogen (secondary N) is 2. The predicted octanol–water partition coefficient (Wildman–Crippen LogP) is 3.69. The van der Waals surface area contributed by atoms with Crippen LogP contribution in [0.1, 0.15) is 23.7 Å². The van der Waals surface area contributed by atoms with Gasteiger partial charge in [0.2, 0.25) is 0 Å². The van der Waals surface area contributed by atoms with Gasteiger partial charge in [0.25, 0.3) is 5.91 Å². The molecule has 0 unspecified atom stereocenters. The molecule has 4 rings (SSSR count). The Morgan fingerprint density at radius 2 is 1.63 bits per heavy atom. The Labute approximate surface area is 273 Å². The van der Waals surface area contributed by atoms with Crippen LogP contribution in [0, 0.1) is 0 Å². The molecule has 2 N–H and O–H groups in total. The van der Waals surface area contributed by atoms with E-state index in [4.69, 9.17) is 9.47 Å². The topological polar surface area (TPSA) is 101 Å². The third-order valence-electron chi connectivity index (χ3n) is 6.18. The normalized spacial score (nSPS) is 10.4. The number of nitrogens with zero attached hydrogens (tertiary/aromatic N) is 2. The number of hydrogen-bond acceptors (Lipinski definition) is 5. The van der Waals surface area contributed by atoms with E-state index in [1.54, 1.807) is 42.6 Å². The van der Waals surface area contributed by atoms with E-state index in [-0.39, 0.29) is 44.6 Å². The van der Waals surface area contributed by atoms with Gasteiger partial charge in [0.05, 0.1) is 23.2 Å². The molecule has 3 amide bonds. The zero-order valence-electron chi connectivity index (χ0n) is 23.4. The summed E-state index contributed by atoms with van der Waals surface area (Å²) in [6.45, 7) is 2.93. The van der Waals surface area contributed by atoms with E-state index in [2.05, 4.69) is 49.4 Å². The molecule has 226 valence electrons. The van der Waals surface area contributed by atoms with Gasteiger partial charge in [-0.1, -0.05) is 59.3 Å². The first-order chi connectivity index (χ1) is 20.3. The molecule has 1 heterocycles. The van der Waals surface area contributed by atoms with Crippen LogP contribution in [0.25, 0.3) is 10.8 Å². The van der Waals surface area contributed by atoms with Gasteiger partial charge in [0.1, 0.15) is 25.3 Å². The number of halogens is 3. The third-order valence-corrected chi connectivity index (χ3v) is 7.14. The highest BCUT2D eigenvalue weighted by Crippen LogP contribution is 2.23. The molecule has 1 aromatic heterocycles. The molecule has 3 aromatic carbocycles. The lowest BCUT2D eigenvalue weighted by Gasteiger charge is -2.22. The number of anilines is 2. The van der Waals surface area contributed by atoms with Crippen molar-refractivity contribution in [2.24, 2.45) is 0 Å². The van der Waals surface area contributed by atoms with Crippen LogP contribution in [0.3, 0.4) is 0 Å². The van der Waals surface area contributed by atoms with Gasteiger partial charge in [-0.2, -0.15) is 0 Å². The molecule has 43 heavy (non-hydrogen) atoms. The number of carbonyl (C=O) groups is 3. The maximum absolute atomic E-state index is 13.0. The number of aryl methyl sites for hydroxylation is 1. The molecule has 0 saturated carbocycles. The second kappa shape index (κ2) is 16.8. The lowest BCUT2D eigenvalue weighted by atomic mass is 10.1. The summed E-state index contributed by atoms with van der Waals surface area (Å²) < 4.78 is 14.4. The van der Waals surface area contributed by atoms with E-state index in [1.807, 2.05) is 47.2 Å². The van der Waals surface area contributed by atoms with Crippen molar-refractivity contribution in [1.29, 1.82) is 0 Å². The van der Waals surface area contributed by atoms with Crippen LogP contribution < -0.4 is 32.5 Å². The summed E-state index contributed by atoms with van der Waals surface area (Å²) in [6, 6.07) is 22.2. The number of pyridine rings is 1. The Hall–Kier alpha value is -3.67. The quantitative estimate of drug-likeness (QED) is 0.181. The Kier molecular flexibility index (Phi) is 13.2. The number of rotatable bonds is 11. The van der Waals surface area contributed by atoms with Crippen molar-refractivity contribution in [1.82, 2.24) is 5.32 Å². The number of amides is 3. The van der Waals surface area contributed by atoms with Crippen molar-refractivity contribution >= 4 is 72.1 Å². The summed E-state index contributed by atoms with van der Waals surface area (Å²) in [5.74, 6) is -0.271. The highest BCUT2D eigenvalue weighted by Gasteiger charge is 2.19. The Morgan fingerprint density at radius 3 is 2.40 bits per heavy atom. The van der Waals surface area contributed by atoms with Gasteiger partial charge >= 0.3 is 12.2 Å². The average molecular weight is 735 g/mol. The largest absolute Gasteiger partial charge is 1.00 e. The minimum absolute atomic E-state index is 0. The van der Waals surface area contributed by atoms with E-state index in [0.29, 0.717) is 16.9 Å². The summed E-state index contributed by atoms with van der Waals surface area (Å²) in [4.78, 5) is 39.6. The van der Waals surface area contributed by atoms with Gasteiger partial charge in [0.15, 0.2) is 12.4 Å². The minimum Gasteiger partial charge on any atom is -1.00 e. The van der Waals surface area contributed by atoms with E-state index >= 15 is 0 Å². The number of carbonyl (C=O) groups excluding carboxylic acids is 3. The van der Waals surface area contributed by atoms with Crippen molar-refractivity contribution in [2.45, 2.75) is 19.9 Å². The fourth-order valence-electron chi connectivity index (χ4n) is 4.25. The number of aromatic nitrogens is 1.